The molecule has 7 nitrogen and oxygen atoms in total. The highest BCUT2D eigenvalue weighted by Gasteiger charge is 2.41. The van der Waals surface area contributed by atoms with Gasteiger partial charge in [0.05, 0.1) is 6.10 Å². The molecule has 0 aromatic heterocycles. The Hall–Kier alpha value is -1.34. The molecule has 0 bridgehead atoms. The summed E-state index contributed by atoms with van der Waals surface area (Å²) in [6.45, 7) is 5.09. The first kappa shape index (κ1) is 16.7. The predicted molar refractivity (Wildman–Crippen MR) is 74.5 cm³/mol. The third kappa shape index (κ3) is 3.83. The third-order valence-electron chi connectivity index (χ3n) is 3.56. The molecule has 3 atom stereocenters. The number of carbonyl (C=O) groups is 2. The Labute approximate surface area is 119 Å². The van der Waals surface area contributed by atoms with Crippen LogP contribution in [0.3, 0.4) is 0 Å². The van der Waals surface area contributed by atoms with Crippen molar-refractivity contribution in [1.82, 2.24) is 14.7 Å². The van der Waals surface area contributed by atoms with Crippen molar-refractivity contribution < 1.29 is 19.8 Å². The molecule has 1 saturated heterocycles. The molecule has 1 aliphatic heterocycles. The van der Waals surface area contributed by atoms with E-state index < -0.39 is 18.1 Å². The number of aliphatic hydroxyl groups is 1. The number of aliphatic carboxylic acids is 1. The summed E-state index contributed by atoms with van der Waals surface area (Å²) in [6.07, 6.45) is -0.663. The van der Waals surface area contributed by atoms with Gasteiger partial charge in [-0.15, -0.1) is 0 Å². The highest BCUT2D eigenvalue weighted by Crippen LogP contribution is 2.21. The zero-order valence-electron chi connectivity index (χ0n) is 12.6. The maximum atomic E-state index is 12.5. The number of likely N-dealkylation sites (tertiary alicyclic amines) is 1. The van der Waals surface area contributed by atoms with Gasteiger partial charge in [-0.1, -0.05) is 0 Å². The molecule has 0 saturated carbocycles. The van der Waals surface area contributed by atoms with Gasteiger partial charge in [-0.2, -0.15) is 0 Å². The van der Waals surface area contributed by atoms with Gasteiger partial charge >= 0.3 is 12.0 Å². The Balaban J connectivity index is 2.82. The van der Waals surface area contributed by atoms with E-state index >= 15 is 0 Å². The Morgan fingerprint density at radius 1 is 1.40 bits per heavy atom. The van der Waals surface area contributed by atoms with E-state index in [1.54, 1.807) is 4.90 Å². The average molecular weight is 287 g/mol. The summed E-state index contributed by atoms with van der Waals surface area (Å²) in [7, 11) is 3.85. The van der Waals surface area contributed by atoms with Crippen LogP contribution in [0.5, 0.6) is 0 Å². The monoisotopic (exact) mass is 287 g/mol. The number of hydrogen-bond acceptors (Lipinski definition) is 4. The van der Waals surface area contributed by atoms with Crippen molar-refractivity contribution in [2.24, 2.45) is 0 Å². The minimum Gasteiger partial charge on any atom is -0.480 e. The fraction of sp³-hybridized carbons (Fsp3) is 0.846. The van der Waals surface area contributed by atoms with Crippen LogP contribution in [-0.2, 0) is 4.79 Å². The molecule has 0 spiro atoms. The zero-order valence-corrected chi connectivity index (χ0v) is 12.6. The highest BCUT2D eigenvalue weighted by molar-refractivity contribution is 5.83. The molecule has 1 heterocycles. The van der Waals surface area contributed by atoms with Crippen molar-refractivity contribution in [3.63, 3.8) is 0 Å². The van der Waals surface area contributed by atoms with Gasteiger partial charge in [0.15, 0.2) is 0 Å². The van der Waals surface area contributed by atoms with Gasteiger partial charge in [-0.3, -0.25) is 0 Å². The number of rotatable bonds is 5. The molecule has 0 aromatic carbocycles. The molecule has 0 aliphatic carbocycles. The second-order valence-corrected chi connectivity index (χ2v) is 5.58. The topological polar surface area (TPSA) is 84.3 Å². The summed E-state index contributed by atoms with van der Waals surface area (Å²) in [5, 5.41) is 18.8. The van der Waals surface area contributed by atoms with E-state index in [-0.39, 0.29) is 25.0 Å². The average Bonchev–Trinajstić information content (AvgIpc) is 2.71. The molecule has 1 aliphatic rings. The van der Waals surface area contributed by atoms with Crippen LogP contribution in [0.4, 0.5) is 4.79 Å². The molecule has 116 valence electrons. The summed E-state index contributed by atoms with van der Waals surface area (Å²) < 4.78 is 0. The van der Waals surface area contributed by atoms with Crippen molar-refractivity contribution in [3.05, 3.63) is 0 Å². The molecule has 0 aromatic rings. The number of carbonyl (C=O) groups excluding carboxylic acids is 1. The lowest BCUT2D eigenvalue weighted by atomic mass is 10.2. The van der Waals surface area contributed by atoms with E-state index in [0.717, 1.165) is 0 Å². The number of nitrogens with zero attached hydrogens (tertiary/aromatic N) is 3. The minimum absolute atomic E-state index is 0.0188. The van der Waals surface area contributed by atoms with Gasteiger partial charge < -0.3 is 24.9 Å². The molecule has 2 N–H and O–H groups in total. The number of urea groups is 1. The Bertz CT molecular complexity index is 362. The molecule has 0 radical (unpaired) electrons. The van der Waals surface area contributed by atoms with Crippen molar-refractivity contribution in [2.75, 3.05) is 33.7 Å². The van der Waals surface area contributed by atoms with E-state index in [9.17, 15) is 14.7 Å². The maximum absolute atomic E-state index is 12.5. The van der Waals surface area contributed by atoms with Crippen molar-refractivity contribution >= 4 is 12.0 Å². The lowest BCUT2D eigenvalue weighted by Crippen LogP contribution is -2.52. The smallest absolute Gasteiger partial charge is 0.326 e. The first-order valence-electron chi connectivity index (χ1n) is 6.90. The second-order valence-electron chi connectivity index (χ2n) is 5.58. The lowest BCUT2D eigenvalue weighted by molar-refractivity contribution is -0.141. The second kappa shape index (κ2) is 6.90. The Morgan fingerprint density at radius 2 is 2.00 bits per heavy atom. The zero-order chi connectivity index (χ0) is 15.4. The fourth-order valence-corrected chi connectivity index (χ4v) is 2.69. The van der Waals surface area contributed by atoms with Crippen LogP contribution < -0.4 is 0 Å². The van der Waals surface area contributed by atoms with Crippen molar-refractivity contribution in [3.8, 4) is 0 Å². The van der Waals surface area contributed by atoms with Crippen LogP contribution in [0.1, 0.15) is 20.3 Å². The van der Waals surface area contributed by atoms with Gasteiger partial charge in [-0.25, -0.2) is 9.59 Å². The number of amides is 2. The van der Waals surface area contributed by atoms with Crippen molar-refractivity contribution in [2.45, 2.75) is 38.5 Å². The highest BCUT2D eigenvalue weighted by atomic mass is 16.4. The lowest BCUT2D eigenvalue weighted by Gasteiger charge is -2.34. The van der Waals surface area contributed by atoms with Gasteiger partial charge in [0.2, 0.25) is 0 Å². The normalized spacial score (nSPS) is 24.0. The first-order chi connectivity index (χ1) is 9.27. The molecule has 1 rings (SSSR count). The number of carboxylic acids is 1. The number of hydrogen-bond donors (Lipinski definition) is 2. The predicted octanol–water partition coefficient (Wildman–Crippen LogP) is -0.102. The summed E-state index contributed by atoms with van der Waals surface area (Å²) in [5.41, 5.74) is 0. The van der Waals surface area contributed by atoms with Crippen LogP contribution in [0.2, 0.25) is 0 Å². The molecular weight excluding hydrogens is 262 g/mol. The number of carboxylic acid groups (broad SMARTS) is 1. The van der Waals surface area contributed by atoms with Crippen LogP contribution >= 0.6 is 0 Å². The first-order valence-corrected chi connectivity index (χ1v) is 6.90. The van der Waals surface area contributed by atoms with Gasteiger partial charge in [0.25, 0.3) is 0 Å². The van der Waals surface area contributed by atoms with Gasteiger partial charge in [0, 0.05) is 32.1 Å². The molecule has 1 fully saturated rings. The standard InChI is InChI=1S/C13H25N3O4/c1-5-15(9(2)7-14(3)4)13(20)16-8-10(17)6-11(16)12(18)19/h9-11,17H,5-8H2,1-4H3,(H,18,19)/t9?,10-,11-/m0/s1. The molecule has 20 heavy (non-hydrogen) atoms. The van der Waals surface area contributed by atoms with Crippen LogP contribution in [0.25, 0.3) is 0 Å². The molecule has 7 heteroatoms. The number of aliphatic hydroxyl groups excluding tert-OH is 1. The summed E-state index contributed by atoms with van der Waals surface area (Å²) in [4.78, 5) is 28.6. The number of likely N-dealkylation sites (N-methyl/N-ethyl adjacent to an activating group) is 2. The third-order valence-corrected chi connectivity index (χ3v) is 3.56. The van der Waals surface area contributed by atoms with Crippen LogP contribution in [0.15, 0.2) is 0 Å². The quantitative estimate of drug-likeness (QED) is 0.737. The summed E-state index contributed by atoms with van der Waals surface area (Å²) in [5.74, 6) is -1.06. The summed E-state index contributed by atoms with van der Waals surface area (Å²) >= 11 is 0. The van der Waals surface area contributed by atoms with E-state index in [4.69, 9.17) is 5.11 Å². The van der Waals surface area contributed by atoms with Gasteiger partial charge in [0.1, 0.15) is 6.04 Å². The minimum atomic E-state index is -1.06. The van der Waals surface area contributed by atoms with E-state index in [2.05, 4.69) is 0 Å². The fourth-order valence-electron chi connectivity index (χ4n) is 2.69. The molecular formula is C13H25N3O4. The molecule has 2 amide bonds. The maximum Gasteiger partial charge on any atom is 0.326 e. The van der Waals surface area contributed by atoms with E-state index in [1.165, 1.54) is 4.90 Å². The van der Waals surface area contributed by atoms with Crippen LogP contribution in [-0.4, -0.2) is 88.8 Å². The van der Waals surface area contributed by atoms with E-state index in [1.807, 2.05) is 32.8 Å². The van der Waals surface area contributed by atoms with Crippen molar-refractivity contribution in [1.29, 1.82) is 0 Å². The van der Waals surface area contributed by atoms with Gasteiger partial charge in [-0.05, 0) is 27.9 Å². The molecule has 1 unspecified atom stereocenters. The SMILES string of the molecule is CCN(C(=O)N1C[C@@H](O)C[C@H]1C(=O)O)C(C)CN(C)C. The Morgan fingerprint density at radius 3 is 2.45 bits per heavy atom. The Kier molecular flexibility index (Phi) is 5.76. The largest absolute Gasteiger partial charge is 0.480 e. The number of β-amino-alcohol motifs (C(OH)–C–C–N with tert-alkyl or cyclic N) is 1. The van der Waals surface area contributed by atoms with E-state index in [0.29, 0.717) is 13.1 Å². The summed E-state index contributed by atoms with van der Waals surface area (Å²) in [6, 6.07) is -1.27. The van der Waals surface area contributed by atoms with Crippen LogP contribution in [0, 0.1) is 0 Å².